The van der Waals surface area contributed by atoms with Gasteiger partial charge in [-0.3, -0.25) is 4.90 Å². The number of nitrogens with zero attached hydrogens (tertiary/aromatic N) is 1. The Kier molecular flexibility index (Phi) is 9.13. The van der Waals surface area contributed by atoms with Gasteiger partial charge in [0.2, 0.25) is 0 Å². The van der Waals surface area contributed by atoms with Crippen molar-refractivity contribution in [3.8, 4) is 0 Å². The third-order valence-corrected chi connectivity index (χ3v) is 1.74. The summed E-state index contributed by atoms with van der Waals surface area (Å²) in [4.78, 5) is 1.63. The monoisotopic (exact) mass is 210 g/mol. The second kappa shape index (κ2) is 9.30. The van der Waals surface area contributed by atoms with Crippen LogP contribution in [0.25, 0.3) is 0 Å². The molecule has 0 bridgehead atoms. The van der Waals surface area contributed by atoms with Crippen LogP contribution in [-0.4, -0.2) is 50.7 Å². The van der Waals surface area contributed by atoms with Crippen LogP contribution in [0.1, 0.15) is 13.3 Å². The zero-order valence-corrected chi connectivity index (χ0v) is 8.72. The van der Waals surface area contributed by atoms with Gasteiger partial charge in [0, 0.05) is 26.2 Å². The fourth-order valence-electron chi connectivity index (χ4n) is 1.11. The smallest absolute Gasteiger partial charge is 0.251 e. The van der Waals surface area contributed by atoms with Crippen molar-refractivity contribution in [2.75, 3.05) is 39.4 Å². The summed E-state index contributed by atoms with van der Waals surface area (Å²) in [6.45, 7) is 4.41. The standard InChI is InChI=1S/C9H20F2N2O/c1-2-6-14-7-5-13(4-3-12)8-9(10)11/h9H,2-8,12H2,1H3. The van der Waals surface area contributed by atoms with Crippen LogP contribution < -0.4 is 5.73 Å². The van der Waals surface area contributed by atoms with E-state index < -0.39 is 6.43 Å². The molecule has 0 aromatic carbocycles. The number of halogens is 2. The summed E-state index contributed by atoms with van der Waals surface area (Å²) in [6.07, 6.45) is -1.35. The summed E-state index contributed by atoms with van der Waals surface area (Å²) < 4.78 is 29.3. The summed E-state index contributed by atoms with van der Waals surface area (Å²) in [6, 6.07) is 0. The Hall–Kier alpha value is -0.260. The largest absolute Gasteiger partial charge is 0.380 e. The van der Waals surface area contributed by atoms with E-state index in [2.05, 4.69) is 0 Å². The lowest BCUT2D eigenvalue weighted by Crippen LogP contribution is -2.36. The van der Waals surface area contributed by atoms with Gasteiger partial charge in [-0.25, -0.2) is 8.78 Å². The van der Waals surface area contributed by atoms with Crippen molar-refractivity contribution in [3.05, 3.63) is 0 Å². The first-order valence-corrected chi connectivity index (χ1v) is 4.99. The number of hydrogen-bond acceptors (Lipinski definition) is 3. The zero-order valence-electron chi connectivity index (χ0n) is 8.72. The molecule has 86 valence electrons. The van der Waals surface area contributed by atoms with E-state index in [0.717, 1.165) is 6.42 Å². The van der Waals surface area contributed by atoms with E-state index in [4.69, 9.17) is 10.5 Å². The van der Waals surface area contributed by atoms with Crippen LogP contribution in [0.3, 0.4) is 0 Å². The van der Waals surface area contributed by atoms with E-state index in [1.807, 2.05) is 6.92 Å². The fraction of sp³-hybridized carbons (Fsp3) is 1.00. The molecule has 0 rings (SSSR count). The summed E-state index contributed by atoms with van der Waals surface area (Å²) in [7, 11) is 0. The summed E-state index contributed by atoms with van der Waals surface area (Å²) in [5.74, 6) is 0. The first-order valence-electron chi connectivity index (χ1n) is 4.99. The number of alkyl halides is 2. The van der Waals surface area contributed by atoms with E-state index in [9.17, 15) is 8.78 Å². The van der Waals surface area contributed by atoms with Gasteiger partial charge in [0.1, 0.15) is 0 Å². The molecule has 14 heavy (non-hydrogen) atoms. The molecular weight excluding hydrogens is 190 g/mol. The first kappa shape index (κ1) is 13.7. The molecule has 0 saturated carbocycles. The normalized spacial score (nSPS) is 11.6. The molecule has 0 atom stereocenters. The lowest BCUT2D eigenvalue weighted by Gasteiger charge is -2.20. The van der Waals surface area contributed by atoms with Gasteiger partial charge in [-0.05, 0) is 6.42 Å². The van der Waals surface area contributed by atoms with Gasteiger partial charge in [-0.2, -0.15) is 0 Å². The van der Waals surface area contributed by atoms with Crippen LogP contribution in [0.2, 0.25) is 0 Å². The number of ether oxygens (including phenoxy) is 1. The van der Waals surface area contributed by atoms with Gasteiger partial charge in [0.05, 0.1) is 13.2 Å². The topological polar surface area (TPSA) is 38.5 Å². The van der Waals surface area contributed by atoms with E-state index in [1.165, 1.54) is 0 Å². The molecule has 0 fully saturated rings. The second-order valence-corrected chi connectivity index (χ2v) is 3.09. The van der Waals surface area contributed by atoms with Crippen molar-refractivity contribution in [2.45, 2.75) is 19.8 Å². The molecule has 0 aromatic heterocycles. The molecule has 2 N–H and O–H groups in total. The number of hydrogen-bond donors (Lipinski definition) is 1. The Morgan fingerprint density at radius 3 is 2.50 bits per heavy atom. The Morgan fingerprint density at radius 1 is 1.29 bits per heavy atom. The average Bonchev–Trinajstić information content (AvgIpc) is 2.12. The zero-order chi connectivity index (χ0) is 10.8. The average molecular weight is 210 g/mol. The van der Waals surface area contributed by atoms with Crippen LogP contribution in [0.4, 0.5) is 8.78 Å². The third kappa shape index (κ3) is 8.34. The molecule has 3 nitrogen and oxygen atoms in total. The maximum atomic E-state index is 12.1. The van der Waals surface area contributed by atoms with Crippen LogP contribution in [-0.2, 0) is 4.74 Å². The second-order valence-electron chi connectivity index (χ2n) is 3.09. The van der Waals surface area contributed by atoms with E-state index in [-0.39, 0.29) is 6.54 Å². The quantitative estimate of drug-likeness (QED) is 0.576. The van der Waals surface area contributed by atoms with Crippen molar-refractivity contribution in [2.24, 2.45) is 5.73 Å². The first-order chi connectivity index (χ1) is 6.70. The Balaban J connectivity index is 3.51. The Bertz CT molecular complexity index is 125. The SMILES string of the molecule is CCCOCCN(CCN)CC(F)F. The summed E-state index contributed by atoms with van der Waals surface area (Å²) in [5.41, 5.74) is 5.31. The molecule has 5 heteroatoms. The summed E-state index contributed by atoms with van der Waals surface area (Å²) in [5, 5.41) is 0. The van der Waals surface area contributed by atoms with Crippen molar-refractivity contribution in [1.82, 2.24) is 4.90 Å². The van der Waals surface area contributed by atoms with E-state index in [1.54, 1.807) is 4.90 Å². The molecule has 0 aliphatic rings. The molecule has 0 saturated heterocycles. The van der Waals surface area contributed by atoms with E-state index in [0.29, 0.717) is 32.8 Å². The maximum absolute atomic E-state index is 12.1. The summed E-state index contributed by atoms with van der Waals surface area (Å²) >= 11 is 0. The lowest BCUT2D eigenvalue weighted by molar-refractivity contribution is 0.0607. The van der Waals surface area contributed by atoms with Crippen LogP contribution in [0.5, 0.6) is 0 Å². The van der Waals surface area contributed by atoms with Gasteiger partial charge in [0.15, 0.2) is 0 Å². The van der Waals surface area contributed by atoms with Crippen molar-refractivity contribution in [3.63, 3.8) is 0 Å². The Morgan fingerprint density at radius 2 is 2.00 bits per heavy atom. The van der Waals surface area contributed by atoms with Gasteiger partial charge < -0.3 is 10.5 Å². The van der Waals surface area contributed by atoms with Gasteiger partial charge in [0.25, 0.3) is 6.43 Å². The fourth-order valence-corrected chi connectivity index (χ4v) is 1.11. The minimum Gasteiger partial charge on any atom is -0.380 e. The van der Waals surface area contributed by atoms with Crippen molar-refractivity contribution in [1.29, 1.82) is 0 Å². The minimum atomic E-state index is -2.30. The van der Waals surface area contributed by atoms with E-state index >= 15 is 0 Å². The molecule has 0 aliphatic carbocycles. The van der Waals surface area contributed by atoms with Gasteiger partial charge in [-0.1, -0.05) is 6.92 Å². The highest BCUT2D eigenvalue weighted by atomic mass is 19.3. The highest BCUT2D eigenvalue weighted by molar-refractivity contribution is 4.59. The maximum Gasteiger partial charge on any atom is 0.251 e. The van der Waals surface area contributed by atoms with Gasteiger partial charge >= 0.3 is 0 Å². The highest BCUT2D eigenvalue weighted by Crippen LogP contribution is 1.97. The van der Waals surface area contributed by atoms with Crippen LogP contribution in [0.15, 0.2) is 0 Å². The minimum absolute atomic E-state index is 0.216. The predicted octanol–water partition coefficient (Wildman–Crippen LogP) is 0.939. The van der Waals surface area contributed by atoms with Crippen molar-refractivity contribution < 1.29 is 13.5 Å². The molecule has 0 amide bonds. The van der Waals surface area contributed by atoms with Gasteiger partial charge in [-0.15, -0.1) is 0 Å². The number of rotatable bonds is 9. The predicted molar refractivity (Wildman–Crippen MR) is 52.6 cm³/mol. The lowest BCUT2D eigenvalue weighted by atomic mass is 10.4. The molecule has 0 radical (unpaired) electrons. The van der Waals surface area contributed by atoms with Crippen molar-refractivity contribution >= 4 is 0 Å². The van der Waals surface area contributed by atoms with Crippen LogP contribution >= 0.6 is 0 Å². The molecule has 0 spiro atoms. The third-order valence-electron chi connectivity index (χ3n) is 1.74. The highest BCUT2D eigenvalue weighted by Gasteiger charge is 2.10. The Labute approximate surface area is 84.2 Å². The molecule has 0 aromatic rings. The molecule has 0 heterocycles. The molecule has 0 unspecified atom stereocenters. The molecular formula is C9H20F2N2O. The molecule has 0 aliphatic heterocycles. The number of nitrogens with two attached hydrogens (primary N) is 1. The van der Waals surface area contributed by atoms with Crippen LogP contribution in [0, 0.1) is 0 Å².